The zero-order valence-electron chi connectivity index (χ0n) is 10.5. The summed E-state index contributed by atoms with van der Waals surface area (Å²) in [6.45, 7) is 3.98. The number of carboxylic acid groups (broad SMARTS) is 1. The van der Waals surface area contributed by atoms with Crippen LogP contribution in [-0.2, 0) is 11.3 Å². The molecule has 6 heteroatoms. The van der Waals surface area contributed by atoms with Gasteiger partial charge in [0.2, 0.25) is 5.91 Å². The predicted molar refractivity (Wildman–Crippen MR) is 72.0 cm³/mol. The molecule has 19 heavy (non-hydrogen) atoms. The van der Waals surface area contributed by atoms with E-state index in [4.69, 9.17) is 5.11 Å². The summed E-state index contributed by atoms with van der Waals surface area (Å²) in [5, 5.41) is 13.7. The highest BCUT2D eigenvalue weighted by Gasteiger charge is 2.42. The first-order chi connectivity index (χ1) is 9.07. The highest BCUT2D eigenvalue weighted by molar-refractivity contribution is 7.09. The fraction of sp³-hybridized carbons (Fsp3) is 0.462. The van der Waals surface area contributed by atoms with Crippen LogP contribution in [-0.4, -0.2) is 22.0 Å². The van der Waals surface area contributed by atoms with Crippen LogP contribution in [0, 0.1) is 5.41 Å². The number of thiazole rings is 1. The molecule has 0 atom stereocenters. The number of amides is 1. The van der Waals surface area contributed by atoms with Crippen LogP contribution in [0.2, 0.25) is 0 Å². The van der Waals surface area contributed by atoms with E-state index in [9.17, 15) is 9.59 Å². The second-order valence-corrected chi connectivity index (χ2v) is 5.68. The predicted octanol–water partition coefficient (Wildman–Crippen LogP) is 2.20. The molecule has 1 aromatic rings. The lowest BCUT2D eigenvalue weighted by atomic mass is 9.66. The van der Waals surface area contributed by atoms with Crippen molar-refractivity contribution in [3.8, 4) is 0 Å². The lowest BCUT2D eigenvalue weighted by Gasteiger charge is -2.39. The van der Waals surface area contributed by atoms with Crippen LogP contribution >= 0.6 is 11.3 Å². The Balaban J connectivity index is 1.92. The monoisotopic (exact) mass is 280 g/mol. The molecule has 1 aliphatic rings. The molecule has 1 saturated carbocycles. The minimum absolute atomic E-state index is 0.0192. The summed E-state index contributed by atoms with van der Waals surface area (Å²) >= 11 is 1.24. The van der Waals surface area contributed by atoms with Gasteiger partial charge in [0.25, 0.3) is 0 Å². The van der Waals surface area contributed by atoms with Crippen molar-refractivity contribution < 1.29 is 14.7 Å². The van der Waals surface area contributed by atoms with E-state index in [-0.39, 0.29) is 23.6 Å². The van der Waals surface area contributed by atoms with E-state index in [1.54, 1.807) is 6.08 Å². The summed E-state index contributed by atoms with van der Waals surface area (Å²) in [6, 6.07) is 0. The number of hydrogen-bond acceptors (Lipinski definition) is 4. The number of nitrogens with zero attached hydrogens (tertiary/aromatic N) is 1. The summed E-state index contributed by atoms with van der Waals surface area (Å²) < 4.78 is 0. The van der Waals surface area contributed by atoms with E-state index in [0.29, 0.717) is 11.4 Å². The molecule has 1 aromatic heterocycles. The second-order valence-electron chi connectivity index (χ2n) is 4.74. The maximum atomic E-state index is 12.2. The average molecular weight is 280 g/mol. The molecule has 2 N–H and O–H groups in total. The van der Waals surface area contributed by atoms with Crippen molar-refractivity contribution >= 4 is 23.2 Å². The van der Waals surface area contributed by atoms with Crippen molar-refractivity contribution in [1.29, 1.82) is 0 Å². The minimum Gasteiger partial charge on any atom is -0.476 e. The lowest BCUT2D eigenvalue weighted by Crippen LogP contribution is -2.45. The van der Waals surface area contributed by atoms with Crippen LogP contribution in [0.3, 0.4) is 0 Å². The number of carbonyl (C=O) groups excluding carboxylic acids is 1. The number of rotatable bonds is 6. The van der Waals surface area contributed by atoms with Crippen LogP contribution in [0.1, 0.15) is 41.2 Å². The number of hydrogen-bond donors (Lipinski definition) is 2. The highest BCUT2D eigenvalue weighted by atomic mass is 32.1. The summed E-state index contributed by atoms with van der Waals surface area (Å²) in [5.41, 5.74) is -0.270. The third-order valence-corrected chi connectivity index (χ3v) is 4.35. The van der Waals surface area contributed by atoms with Gasteiger partial charge in [0.15, 0.2) is 5.69 Å². The van der Waals surface area contributed by atoms with Crippen molar-refractivity contribution in [1.82, 2.24) is 10.3 Å². The summed E-state index contributed by atoms with van der Waals surface area (Å²) in [6.07, 6.45) is 5.33. The molecular formula is C13H16N2O3S. The lowest BCUT2D eigenvalue weighted by molar-refractivity contribution is -0.135. The quantitative estimate of drug-likeness (QED) is 0.783. The average Bonchev–Trinajstić information content (AvgIpc) is 2.79. The molecule has 0 spiro atoms. The van der Waals surface area contributed by atoms with E-state index < -0.39 is 5.97 Å². The van der Waals surface area contributed by atoms with E-state index in [1.165, 1.54) is 16.7 Å². The number of nitrogens with one attached hydrogen (secondary N) is 1. The molecule has 0 saturated heterocycles. The molecule has 5 nitrogen and oxygen atoms in total. The molecule has 0 radical (unpaired) electrons. The highest BCUT2D eigenvalue weighted by Crippen LogP contribution is 2.44. The first kappa shape index (κ1) is 13.7. The molecule has 0 aromatic carbocycles. The molecule has 0 unspecified atom stereocenters. The topological polar surface area (TPSA) is 79.3 Å². The van der Waals surface area contributed by atoms with Crippen LogP contribution in [0.15, 0.2) is 18.0 Å². The first-order valence-corrected chi connectivity index (χ1v) is 7.02. The van der Waals surface area contributed by atoms with E-state index >= 15 is 0 Å². The Hall–Kier alpha value is -1.69. The largest absolute Gasteiger partial charge is 0.476 e. The normalized spacial score (nSPS) is 16.4. The number of carbonyl (C=O) groups is 2. The van der Waals surface area contributed by atoms with Crippen molar-refractivity contribution in [2.75, 3.05) is 0 Å². The van der Waals surface area contributed by atoms with Crippen LogP contribution in [0.4, 0.5) is 0 Å². The Morgan fingerprint density at radius 1 is 1.58 bits per heavy atom. The maximum Gasteiger partial charge on any atom is 0.355 e. The Kier molecular flexibility index (Phi) is 3.99. The standard InChI is InChI=1S/C13H16N2O3S/c1-2-4-13(5-3-6-13)12(18)14-7-10-15-9(8-19-10)11(16)17/h2,8H,1,3-7H2,(H,14,18)(H,16,17). The van der Waals surface area contributed by atoms with Gasteiger partial charge in [-0.15, -0.1) is 17.9 Å². The van der Waals surface area contributed by atoms with Crippen LogP contribution in [0.25, 0.3) is 0 Å². The van der Waals surface area contributed by atoms with Crippen molar-refractivity contribution in [2.24, 2.45) is 5.41 Å². The molecule has 1 amide bonds. The van der Waals surface area contributed by atoms with Crippen molar-refractivity contribution in [3.05, 3.63) is 28.7 Å². The molecule has 0 bridgehead atoms. The van der Waals surface area contributed by atoms with Crippen molar-refractivity contribution in [3.63, 3.8) is 0 Å². The van der Waals surface area contributed by atoms with Gasteiger partial charge in [0.1, 0.15) is 5.01 Å². The zero-order valence-corrected chi connectivity index (χ0v) is 11.3. The molecule has 0 aliphatic heterocycles. The van der Waals surface area contributed by atoms with Gasteiger partial charge in [0.05, 0.1) is 12.0 Å². The molecule has 2 rings (SSSR count). The Labute approximate surface area is 115 Å². The van der Waals surface area contributed by atoms with Gasteiger partial charge >= 0.3 is 5.97 Å². The molecule has 102 valence electrons. The molecule has 1 aliphatic carbocycles. The van der Waals surface area contributed by atoms with E-state index in [0.717, 1.165) is 19.3 Å². The Bertz CT molecular complexity index is 506. The van der Waals surface area contributed by atoms with Gasteiger partial charge in [-0.1, -0.05) is 12.5 Å². The number of allylic oxidation sites excluding steroid dienone is 1. The van der Waals surface area contributed by atoms with Crippen LogP contribution in [0.5, 0.6) is 0 Å². The fourth-order valence-corrected chi connectivity index (χ4v) is 2.95. The third-order valence-electron chi connectivity index (χ3n) is 3.50. The number of aromatic carboxylic acids is 1. The van der Waals surface area contributed by atoms with E-state index in [2.05, 4.69) is 16.9 Å². The van der Waals surface area contributed by atoms with Gasteiger partial charge in [0, 0.05) is 5.38 Å². The first-order valence-electron chi connectivity index (χ1n) is 6.14. The summed E-state index contributed by atoms with van der Waals surface area (Å²) in [7, 11) is 0. The smallest absolute Gasteiger partial charge is 0.355 e. The van der Waals surface area contributed by atoms with Crippen molar-refractivity contribution in [2.45, 2.75) is 32.2 Å². The Morgan fingerprint density at radius 3 is 2.79 bits per heavy atom. The SMILES string of the molecule is C=CCC1(C(=O)NCc2nc(C(=O)O)cs2)CCC1. The summed E-state index contributed by atoms with van der Waals surface area (Å²) in [5.74, 6) is -1.03. The van der Waals surface area contributed by atoms with Gasteiger partial charge in [-0.3, -0.25) is 4.79 Å². The maximum absolute atomic E-state index is 12.2. The molecule has 1 heterocycles. The third kappa shape index (κ3) is 2.84. The van der Waals surface area contributed by atoms with Crippen LogP contribution < -0.4 is 5.32 Å². The minimum atomic E-state index is -1.05. The summed E-state index contributed by atoms with van der Waals surface area (Å²) in [4.78, 5) is 26.8. The second kappa shape index (κ2) is 5.52. The Morgan fingerprint density at radius 2 is 2.32 bits per heavy atom. The number of carboxylic acids is 1. The molecular weight excluding hydrogens is 264 g/mol. The fourth-order valence-electron chi connectivity index (χ4n) is 2.24. The van der Waals surface area contributed by atoms with Gasteiger partial charge in [-0.25, -0.2) is 9.78 Å². The van der Waals surface area contributed by atoms with Gasteiger partial charge in [-0.05, 0) is 19.3 Å². The van der Waals surface area contributed by atoms with Gasteiger partial charge in [-0.2, -0.15) is 0 Å². The van der Waals surface area contributed by atoms with E-state index in [1.807, 2.05) is 0 Å². The molecule has 1 fully saturated rings. The number of aromatic nitrogens is 1. The van der Waals surface area contributed by atoms with Gasteiger partial charge < -0.3 is 10.4 Å². The zero-order chi connectivity index (χ0) is 13.9.